The Morgan fingerprint density at radius 3 is 2.84 bits per heavy atom. The zero-order valence-corrected chi connectivity index (χ0v) is 10.9. The van der Waals surface area contributed by atoms with Crippen LogP contribution < -0.4 is 0 Å². The average molecular weight is 251 g/mol. The average Bonchev–Trinajstić information content (AvgIpc) is 3.08. The molecule has 1 aromatic carbocycles. The van der Waals surface area contributed by atoms with Crippen molar-refractivity contribution in [3.8, 4) is 0 Å². The fourth-order valence-electron chi connectivity index (χ4n) is 4.08. The standard InChI is InChI=1S/C17H17NO/c19-17(15-10-11-6-7-12(15)9-11)14-3-1-5-16-13(14)4-2-8-18-16/h1-5,8,11-12,15H,6-7,9-10H2. The van der Waals surface area contributed by atoms with Crippen molar-refractivity contribution in [2.45, 2.75) is 25.7 Å². The molecule has 2 saturated carbocycles. The molecule has 19 heavy (non-hydrogen) atoms. The monoisotopic (exact) mass is 251 g/mol. The molecule has 0 spiro atoms. The number of pyridine rings is 1. The minimum absolute atomic E-state index is 0.268. The summed E-state index contributed by atoms with van der Waals surface area (Å²) in [7, 11) is 0. The van der Waals surface area contributed by atoms with Gasteiger partial charge >= 0.3 is 0 Å². The van der Waals surface area contributed by atoms with Gasteiger partial charge < -0.3 is 0 Å². The van der Waals surface area contributed by atoms with Crippen LogP contribution in [0.4, 0.5) is 0 Å². The molecule has 0 radical (unpaired) electrons. The molecule has 3 unspecified atom stereocenters. The Hall–Kier alpha value is -1.70. The predicted octanol–water partition coefficient (Wildman–Crippen LogP) is 3.85. The molecule has 0 saturated heterocycles. The summed E-state index contributed by atoms with van der Waals surface area (Å²) >= 11 is 0. The van der Waals surface area contributed by atoms with E-state index in [-0.39, 0.29) is 5.92 Å². The second kappa shape index (κ2) is 4.16. The van der Waals surface area contributed by atoms with Crippen LogP contribution in [0.3, 0.4) is 0 Å². The molecule has 1 heterocycles. The molecule has 96 valence electrons. The number of carbonyl (C=O) groups is 1. The third-order valence-corrected chi connectivity index (χ3v) is 4.99. The SMILES string of the molecule is O=C(c1cccc2ncccc12)C1CC2CCC1C2. The second-order valence-electron chi connectivity index (χ2n) is 6.02. The van der Waals surface area contributed by atoms with Crippen molar-refractivity contribution in [1.82, 2.24) is 4.98 Å². The van der Waals surface area contributed by atoms with Crippen molar-refractivity contribution in [3.05, 3.63) is 42.1 Å². The largest absolute Gasteiger partial charge is 0.294 e. The smallest absolute Gasteiger partial charge is 0.166 e. The molecular formula is C17H17NO. The van der Waals surface area contributed by atoms with E-state index in [1.165, 1.54) is 19.3 Å². The number of hydrogen-bond acceptors (Lipinski definition) is 2. The van der Waals surface area contributed by atoms with Crippen molar-refractivity contribution in [1.29, 1.82) is 0 Å². The summed E-state index contributed by atoms with van der Waals surface area (Å²) in [4.78, 5) is 17.2. The van der Waals surface area contributed by atoms with Gasteiger partial charge in [0.15, 0.2) is 5.78 Å². The topological polar surface area (TPSA) is 30.0 Å². The zero-order valence-electron chi connectivity index (χ0n) is 10.9. The summed E-state index contributed by atoms with van der Waals surface area (Å²) in [6.07, 6.45) is 6.77. The number of ketones is 1. The maximum absolute atomic E-state index is 12.8. The van der Waals surface area contributed by atoms with E-state index < -0.39 is 0 Å². The molecule has 4 rings (SSSR count). The van der Waals surface area contributed by atoms with Gasteiger partial charge in [0.2, 0.25) is 0 Å². The summed E-state index contributed by atoms with van der Waals surface area (Å²) in [6.45, 7) is 0. The Kier molecular flexibility index (Phi) is 2.44. The molecule has 2 bridgehead atoms. The van der Waals surface area contributed by atoms with Crippen molar-refractivity contribution in [2.24, 2.45) is 17.8 Å². The van der Waals surface area contributed by atoms with Crippen LogP contribution in [0.15, 0.2) is 36.5 Å². The predicted molar refractivity (Wildman–Crippen MR) is 75.0 cm³/mol. The number of hydrogen-bond donors (Lipinski definition) is 0. The normalized spacial score (nSPS) is 28.9. The summed E-state index contributed by atoms with van der Waals surface area (Å²) in [5, 5.41) is 1.01. The van der Waals surface area contributed by atoms with Gasteiger partial charge in [-0.05, 0) is 43.2 Å². The molecule has 2 aliphatic rings. The summed E-state index contributed by atoms with van der Waals surface area (Å²) in [5.41, 5.74) is 1.81. The molecule has 3 atom stereocenters. The van der Waals surface area contributed by atoms with E-state index in [9.17, 15) is 4.79 Å². The molecule has 2 fully saturated rings. The fourth-order valence-corrected chi connectivity index (χ4v) is 4.08. The highest BCUT2D eigenvalue weighted by Crippen LogP contribution is 2.49. The summed E-state index contributed by atoms with van der Waals surface area (Å²) < 4.78 is 0. The molecule has 0 amide bonds. The molecule has 2 nitrogen and oxygen atoms in total. The van der Waals surface area contributed by atoms with E-state index in [2.05, 4.69) is 4.98 Å². The highest BCUT2D eigenvalue weighted by molar-refractivity contribution is 6.08. The van der Waals surface area contributed by atoms with Crippen molar-refractivity contribution < 1.29 is 4.79 Å². The van der Waals surface area contributed by atoms with Gasteiger partial charge in [0.05, 0.1) is 5.52 Å². The Balaban J connectivity index is 1.76. The molecule has 2 aromatic rings. The van der Waals surface area contributed by atoms with E-state index in [1.54, 1.807) is 6.20 Å². The third-order valence-electron chi connectivity index (χ3n) is 4.99. The fraction of sp³-hybridized carbons (Fsp3) is 0.412. The lowest BCUT2D eigenvalue weighted by Crippen LogP contribution is -2.21. The lowest BCUT2D eigenvalue weighted by molar-refractivity contribution is 0.0876. The number of Topliss-reactive ketones (excluding diaryl/α,β-unsaturated/α-hetero) is 1. The van der Waals surface area contributed by atoms with Gasteiger partial charge in [0.1, 0.15) is 0 Å². The Morgan fingerprint density at radius 2 is 2.05 bits per heavy atom. The summed E-state index contributed by atoms with van der Waals surface area (Å²) in [6, 6.07) is 9.84. The molecule has 2 aliphatic carbocycles. The number of fused-ring (bicyclic) bond motifs is 3. The number of rotatable bonds is 2. The molecule has 0 aliphatic heterocycles. The van der Waals surface area contributed by atoms with Crippen LogP contribution in [0, 0.1) is 17.8 Å². The molecule has 0 N–H and O–H groups in total. The van der Waals surface area contributed by atoms with Crippen molar-refractivity contribution in [2.75, 3.05) is 0 Å². The van der Waals surface area contributed by atoms with Crippen LogP contribution in [-0.2, 0) is 0 Å². The van der Waals surface area contributed by atoms with Crippen LogP contribution in [-0.4, -0.2) is 10.8 Å². The van der Waals surface area contributed by atoms with Gasteiger partial charge in [-0.3, -0.25) is 9.78 Å². The summed E-state index contributed by atoms with van der Waals surface area (Å²) in [5.74, 6) is 2.08. The first-order valence-corrected chi connectivity index (χ1v) is 7.21. The van der Waals surface area contributed by atoms with E-state index in [1.807, 2.05) is 30.3 Å². The van der Waals surface area contributed by atoms with Crippen LogP contribution >= 0.6 is 0 Å². The van der Waals surface area contributed by atoms with Crippen LogP contribution in [0.1, 0.15) is 36.0 Å². The Labute approximate surface area is 112 Å². The number of carbonyl (C=O) groups excluding carboxylic acids is 1. The minimum atomic E-state index is 0.268. The maximum atomic E-state index is 12.8. The number of nitrogens with zero attached hydrogens (tertiary/aromatic N) is 1. The highest BCUT2D eigenvalue weighted by atomic mass is 16.1. The quantitative estimate of drug-likeness (QED) is 0.759. The van der Waals surface area contributed by atoms with Gasteiger partial charge in [-0.2, -0.15) is 0 Å². The van der Waals surface area contributed by atoms with Crippen LogP contribution in [0.25, 0.3) is 10.9 Å². The first-order valence-electron chi connectivity index (χ1n) is 7.21. The first-order chi connectivity index (χ1) is 9.33. The van der Waals surface area contributed by atoms with Crippen molar-refractivity contribution in [3.63, 3.8) is 0 Å². The minimum Gasteiger partial charge on any atom is -0.294 e. The maximum Gasteiger partial charge on any atom is 0.166 e. The van der Waals surface area contributed by atoms with E-state index in [0.29, 0.717) is 11.7 Å². The Morgan fingerprint density at radius 1 is 1.11 bits per heavy atom. The van der Waals surface area contributed by atoms with Crippen LogP contribution in [0.5, 0.6) is 0 Å². The van der Waals surface area contributed by atoms with Gasteiger partial charge in [-0.1, -0.05) is 24.6 Å². The van der Waals surface area contributed by atoms with E-state index >= 15 is 0 Å². The van der Waals surface area contributed by atoms with E-state index in [4.69, 9.17) is 0 Å². The van der Waals surface area contributed by atoms with Gasteiger partial charge in [-0.15, -0.1) is 0 Å². The second-order valence-corrected chi connectivity index (χ2v) is 6.02. The van der Waals surface area contributed by atoms with Gasteiger partial charge in [0, 0.05) is 23.1 Å². The lowest BCUT2D eigenvalue weighted by Gasteiger charge is -2.20. The first kappa shape index (κ1) is 11.2. The molecule has 2 heteroatoms. The van der Waals surface area contributed by atoms with Gasteiger partial charge in [-0.25, -0.2) is 0 Å². The lowest BCUT2D eigenvalue weighted by atomic mass is 9.82. The number of benzene rings is 1. The third kappa shape index (κ3) is 1.70. The molecular weight excluding hydrogens is 234 g/mol. The Bertz CT molecular complexity index is 643. The zero-order chi connectivity index (χ0) is 12.8. The van der Waals surface area contributed by atoms with Crippen LogP contribution in [0.2, 0.25) is 0 Å². The van der Waals surface area contributed by atoms with E-state index in [0.717, 1.165) is 28.8 Å². The van der Waals surface area contributed by atoms with Crippen molar-refractivity contribution >= 4 is 16.7 Å². The highest BCUT2D eigenvalue weighted by Gasteiger charge is 2.43. The molecule has 1 aromatic heterocycles. The van der Waals surface area contributed by atoms with Gasteiger partial charge in [0.25, 0.3) is 0 Å². The number of aromatic nitrogens is 1.